The molecule has 33 heavy (non-hydrogen) atoms. The summed E-state index contributed by atoms with van der Waals surface area (Å²) in [5.74, 6) is -0.364. The second-order valence-electron chi connectivity index (χ2n) is 5.56. The van der Waals surface area contributed by atoms with E-state index in [9.17, 15) is 9.59 Å². The zero-order valence-electron chi connectivity index (χ0n) is 19.7. The fourth-order valence-electron chi connectivity index (χ4n) is 1.91. The summed E-state index contributed by atoms with van der Waals surface area (Å²) in [5.41, 5.74) is 5.42. The fraction of sp³-hybridized carbons (Fsp3) is 0.500. The van der Waals surface area contributed by atoms with Crippen molar-refractivity contribution in [3.63, 3.8) is 0 Å². The summed E-state index contributed by atoms with van der Waals surface area (Å²) in [6, 6.07) is 0. The van der Waals surface area contributed by atoms with Gasteiger partial charge in [0.1, 0.15) is 22.1 Å². The number of thioether (sulfide) groups is 2. The van der Waals surface area contributed by atoms with Crippen LogP contribution in [-0.2, 0) is 9.47 Å². The second-order valence-corrected chi connectivity index (χ2v) is 7.46. The van der Waals surface area contributed by atoms with Crippen molar-refractivity contribution in [3.8, 4) is 0 Å². The lowest BCUT2D eigenvalue weighted by molar-refractivity contribution is 0.0516. The number of nitrogens with one attached hydrogen (secondary N) is 1. The third-order valence-electron chi connectivity index (χ3n) is 3.19. The van der Waals surface area contributed by atoms with E-state index in [-0.39, 0.29) is 10.7 Å². The highest BCUT2D eigenvalue weighted by molar-refractivity contribution is 7.98. The van der Waals surface area contributed by atoms with Crippen molar-refractivity contribution in [2.24, 2.45) is 5.73 Å². The number of hydrogen-bond acceptors (Lipinski definition) is 12. The lowest BCUT2D eigenvalue weighted by Crippen LogP contribution is -2.12. The largest absolute Gasteiger partial charge is 0.462 e. The molecule has 0 bridgehead atoms. The van der Waals surface area contributed by atoms with Gasteiger partial charge in [-0.1, -0.05) is 42.0 Å². The van der Waals surface area contributed by atoms with Gasteiger partial charge in [-0.2, -0.15) is 0 Å². The molecule has 2 aromatic rings. The maximum atomic E-state index is 11.6. The average Bonchev–Trinajstić information content (AvgIpc) is 2.80. The Morgan fingerprint density at radius 3 is 1.82 bits per heavy atom. The second kappa shape index (κ2) is 18.3. The monoisotopic (exact) mass is 518 g/mol. The molecule has 0 amide bonds. The molecular weight excluding hydrogens is 488 g/mol. The Kier molecular flexibility index (Phi) is 17.1. The van der Waals surface area contributed by atoms with Gasteiger partial charge in [0.2, 0.25) is 0 Å². The van der Waals surface area contributed by atoms with Crippen LogP contribution in [0.5, 0.6) is 0 Å². The highest BCUT2D eigenvalue weighted by atomic mass is 35.5. The molecule has 184 valence electrons. The van der Waals surface area contributed by atoms with E-state index in [2.05, 4.69) is 25.3 Å². The maximum absolute atomic E-state index is 11.6. The van der Waals surface area contributed by atoms with Crippen LogP contribution < -0.4 is 11.1 Å². The van der Waals surface area contributed by atoms with Crippen LogP contribution in [-0.4, -0.2) is 70.7 Å². The van der Waals surface area contributed by atoms with Gasteiger partial charge in [-0.3, -0.25) is 0 Å². The predicted molar refractivity (Wildman–Crippen MR) is 133 cm³/mol. The van der Waals surface area contributed by atoms with Gasteiger partial charge in [-0.05, 0) is 39.8 Å². The molecule has 0 radical (unpaired) electrons. The molecule has 2 rings (SSSR count). The van der Waals surface area contributed by atoms with E-state index >= 15 is 0 Å². The normalized spacial score (nSPS) is 9.58. The molecule has 2 heterocycles. The molecule has 2 aromatic heterocycles. The van der Waals surface area contributed by atoms with E-state index in [4.69, 9.17) is 26.8 Å². The summed E-state index contributed by atoms with van der Waals surface area (Å²) in [4.78, 5) is 39.0. The molecule has 0 fully saturated rings. The predicted octanol–water partition coefficient (Wildman–Crippen LogP) is 3.80. The third kappa shape index (κ3) is 11.5. The Hall–Kier alpha value is -2.15. The van der Waals surface area contributed by atoms with Gasteiger partial charge >= 0.3 is 11.9 Å². The Bertz CT molecular complexity index is 876. The van der Waals surface area contributed by atoms with Gasteiger partial charge < -0.3 is 20.5 Å². The number of rotatable bonds is 8. The van der Waals surface area contributed by atoms with Crippen LogP contribution in [0.15, 0.2) is 22.7 Å². The lowest BCUT2D eigenvalue weighted by atomic mass is 10.3. The van der Waals surface area contributed by atoms with Crippen LogP contribution >= 0.6 is 35.1 Å². The minimum absolute atomic E-state index is 0.128. The number of nitrogens with two attached hydrogens (primary N) is 1. The Labute approximate surface area is 208 Å². The van der Waals surface area contributed by atoms with E-state index in [0.29, 0.717) is 41.5 Å². The topological polar surface area (TPSA) is 142 Å². The van der Waals surface area contributed by atoms with Crippen molar-refractivity contribution >= 4 is 52.9 Å². The molecular formula is C20H31ClN6O4S2. The fourth-order valence-corrected chi connectivity index (χ4v) is 2.85. The zero-order valence-corrected chi connectivity index (χ0v) is 22.1. The molecule has 0 unspecified atom stereocenters. The SMILES string of the molecule is CCN.CCNc1nc(SC)ncc1C(=O)OCC.CCOC(=O)c1cnc(SC)nc1Cl. The van der Waals surface area contributed by atoms with Gasteiger partial charge in [0.25, 0.3) is 0 Å². The Balaban J connectivity index is 0.000000558. The highest BCUT2D eigenvalue weighted by Gasteiger charge is 2.15. The van der Waals surface area contributed by atoms with E-state index < -0.39 is 11.9 Å². The van der Waals surface area contributed by atoms with Crippen LogP contribution in [0.25, 0.3) is 0 Å². The number of carbonyl (C=O) groups is 2. The van der Waals surface area contributed by atoms with Gasteiger partial charge in [-0.25, -0.2) is 29.5 Å². The van der Waals surface area contributed by atoms with Crippen LogP contribution in [0.3, 0.4) is 0 Å². The van der Waals surface area contributed by atoms with Crippen molar-refractivity contribution in [1.29, 1.82) is 0 Å². The number of carbonyl (C=O) groups excluding carboxylic acids is 2. The first-order valence-corrected chi connectivity index (χ1v) is 12.9. The number of esters is 2. The molecule has 0 aromatic carbocycles. The number of ether oxygens (including phenoxy) is 2. The average molecular weight is 519 g/mol. The Morgan fingerprint density at radius 1 is 0.939 bits per heavy atom. The van der Waals surface area contributed by atoms with Crippen LogP contribution in [0.2, 0.25) is 5.15 Å². The van der Waals surface area contributed by atoms with Crippen molar-refractivity contribution in [2.45, 2.75) is 38.0 Å². The molecule has 0 aliphatic carbocycles. The molecule has 3 N–H and O–H groups in total. The van der Waals surface area contributed by atoms with Crippen molar-refractivity contribution in [3.05, 3.63) is 28.7 Å². The van der Waals surface area contributed by atoms with Crippen LogP contribution in [0.4, 0.5) is 5.82 Å². The van der Waals surface area contributed by atoms with Crippen LogP contribution in [0, 0.1) is 0 Å². The van der Waals surface area contributed by atoms with Crippen molar-refractivity contribution < 1.29 is 19.1 Å². The van der Waals surface area contributed by atoms with Crippen molar-refractivity contribution in [1.82, 2.24) is 19.9 Å². The van der Waals surface area contributed by atoms with E-state index in [1.807, 2.05) is 26.4 Å². The van der Waals surface area contributed by atoms with E-state index in [1.54, 1.807) is 13.8 Å². The first kappa shape index (κ1) is 30.9. The summed E-state index contributed by atoms with van der Waals surface area (Å²) in [7, 11) is 0. The molecule has 10 nitrogen and oxygen atoms in total. The smallest absolute Gasteiger partial charge is 0.343 e. The molecule has 0 saturated heterocycles. The number of nitrogens with zero attached hydrogens (tertiary/aromatic N) is 4. The third-order valence-corrected chi connectivity index (χ3v) is 4.60. The summed E-state index contributed by atoms with van der Waals surface area (Å²) >= 11 is 8.56. The molecule has 13 heteroatoms. The highest BCUT2D eigenvalue weighted by Crippen LogP contribution is 2.18. The van der Waals surface area contributed by atoms with Gasteiger partial charge in [0, 0.05) is 18.9 Å². The molecule has 0 saturated carbocycles. The minimum atomic E-state index is -0.495. The summed E-state index contributed by atoms with van der Waals surface area (Å²) in [6.45, 7) is 9.42. The summed E-state index contributed by atoms with van der Waals surface area (Å²) in [5, 5.41) is 4.31. The summed E-state index contributed by atoms with van der Waals surface area (Å²) < 4.78 is 9.69. The Morgan fingerprint density at radius 2 is 1.39 bits per heavy atom. The first-order chi connectivity index (χ1) is 15.8. The standard InChI is InChI=1S/C10H15N3O2S.C8H9ClN2O2S.C2H7N/c1-4-11-8-7(9(14)15-5-2)6-12-10(13-8)16-3;1-3-13-7(12)5-4-10-8(14-2)11-6(5)9;1-2-3/h6H,4-5H2,1-3H3,(H,11,12,13);4H,3H2,1-2H3;2-3H2,1H3. The molecule has 0 atom stereocenters. The van der Waals surface area contributed by atoms with E-state index in [1.165, 1.54) is 35.9 Å². The molecule has 0 aliphatic rings. The van der Waals surface area contributed by atoms with Gasteiger partial charge in [0.05, 0.1) is 13.2 Å². The molecule has 0 aliphatic heterocycles. The number of aromatic nitrogens is 4. The number of hydrogen-bond donors (Lipinski definition) is 2. The molecule has 0 spiro atoms. The number of halogens is 1. The minimum Gasteiger partial charge on any atom is -0.462 e. The zero-order chi connectivity index (χ0) is 25.2. The quantitative estimate of drug-likeness (QED) is 0.227. The first-order valence-electron chi connectivity index (χ1n) is 10.1. The van der Waals surface area contributed by atoms with E-state index in [0.717, 1.165) is 6.54 Å². The van der Waals surface area contributed by atoms with Crippen LogP contribution in [0.1, 0.15) is 48.4 Å². The summed E-state index contributed by atoms with van der Waals surface area (Å²) in [6.07, 6.45) is 6.58. The van der Waals surface area contributed by atoms with Crippen molar-refractivity contribution in [2.75, 3.05) is 44.1 Å². The maximum Gasteiger partial charge on any atom is 0.343 e. The van der Waals surface area contributed by atoms with Gasteiger partial charge in [0.15, 0.2) is 10.3 Å². The van der Waals surface area contributed by atoms with Gasteiger partial charge in [-0.15, -0.1) is 0 Å². The lowest BCUT2D eigenvalue weighted by Gasteiger charge is -2.09. The number of anilines is 1.